The molecule has 0 spiro atoms. The lowest BCUT2D eigenvalue weighted by Crippen LogP contribution is -2.30. The van der Waals surface area contributed by atoms with Gasteiger partial charge in [-0.2, -0.15) is 0 Å². The van der Waals surface area contributed by atoms with Crippen LogP contribution in [0.3, 0.4) is 0 Å². The van der Waals surface area contributed by atoms with Crippen LogP contribution in [0.4, 0.5) is 0 Å². The smallest absolute Gasteiger partial charge is 0.311 e. The highest BCUT2D eigenvalue weighted by atomic mass is 127. The summed E-state index contributed by atoms with van der Waals surface area (Å²) in [6, 6.07) is 0. The van der Waals surface area contributed by atoms with Crippen LogP contribution in [0.15, 0.2) is 0 Å². The Kier molecular flexibility index (Phi) is 4.22. The summed E-state index contributed by atoms with van der Waals surface area (Å²) in [7, 11) is 0. The molecule has 1 fully saturated rings. The van der Waals surface area contributed by atoms with Crippen LogP contribution in [0.5, 0.6) is 0 Å². The van der Waals surface area contributed by atoms with Gasteiger partial charge in [-0.05, 0) is 46.5 Å². The third kappa shape index (κ3) is 3.75. The first kappa shape index (κ1) is 12.3. The van der Waals surface area contributed by atoms with Crippen molar-refractivity contribution in [1.29, 1.82) is 0 Å². The minimum Gasteiger partial charge on any atom is -0.462 e. The maximum absolute atomic E-state index is 11.6. The molecule has 0 unspecified atom stereocenters. The van der Waals surface area contributed by atoms with E-state index in [9.17, 15) is 4.79 Å². The molecule has 3 heteroatoms. The van der Waals surface area contributed by atoms with Gasteiger partial charge in [0.05, 0.1) is 5.41 Å². The van der Waals surface area contributed by atoms with Crippen molar-refractivity contribution in [3.8, 4) is 0 Å². The van der Waals surface area contributed by atoms with Crippen molar-refractivity contribution in [2.24, 2.45) is 5.41 Å². The third-order valence-electron chi connectivity index (χ3n) is 2.49. The minimum absolute atomic E-state index is 0.0607. The second-order valence-electron chi connectivity index (χ2n) is 5.03. The molecule has 0 heterocycles. The van der Waals surface area contributed by atoms with Crippen LogP contribution in [-0.2, 0) is 9.53 Å². The number of halogens is 1. The van der Waals surface area contributed by atoms with Gasteiger partial charge >= 0.3 is 5.97 Å². The summed E-state index contributed by atoms with van der Waals surface area (Å²) in [4.78, 5) is 11.6. The van der Waals surface area contributed by atoms with E-state index in [1.165, 1.54) is 12.8 Å². The van der Waals surface area contributed by atoms with Gasteiger partial charge in [-0.3, -0.25) is 4.79 Å². The van der Waals surface area contributed by atoms with Crippen LogP contribution < -0.4 is 0 Å². The molecule has 82 valence electrons. The highest BCUT2D eigenvalue weighted by Gasteiger charge is 2.28. The Balaban J connectivity index is 2.35. The lowest BCUT2D eigenvalue weighted by molar-refractivity contribution is -0.159. The summed E-state index contributed by atoms with van der Waals surface area (Å²) in [6.07, 6.45) is 4.61. The van der Waals surface area contributed by atoms with E-state index in [-0.39, 0.29) is 17.5 Å². The largest absolute Gasteiger partial charge is 0.462 e. The third-order valence-corrected chi connectivity index (χ3v) is 3.74. The van der Waals surface area contributed by atoms with Gasteiger partial charge in [-0.15, -0.1) is 0 Å². The zero-order chi connectivity index (χ0) is 10.8. The molecule has 0 amide bonds. The molecule has 0 aromatic heterocycles. The number of carbonyl (C=O) groups is 1. The average Bonchev–Trinajstić information content (AvgIpc) is 2.07. The summed E-state index contributed by atoms with van der Waals surface area (Å²) in [6.45, 7) is 5.71. The molecule has 0 aliphatic heterocycles. The Morgan fingerprint density at radius 1 is 1.21 bits per heavy atom. The van der Waals surface area contributed by atoms with E-state index in [1.54, 1.807) is 0 Å². The molecule has 0 N–H and O–H groups in total. The van der Waals surface area contributed by atoms with Crippen molar-refractivity contribution in [2.45, 2.75) is 56.5 Å². The Morgan fingerprint density at radius 3 is 2.14 bits per heavy atom. The van der Waals surface area contributed by atoms with E-state index in [0.29, 0.717) is 0 Å². The molecule has 0 bridgehead atoms. The molecule has 0 saturated heterocycles. The van der Waals surface area contributed by atoms with Crippen LogP contribution in [0, 0.1) is 5.41 Å². The molecule has 14 heavy (non-hydrogen) atoms. The maximum atomic E-state index is 11.6. The number of esters is 1. The zero-order valence-corrected chi connectivity index (χ0v) is 11.3. The molecule has 1 rings (SSSR count). The summed E-state index contributed by atoms with van der Waals surface area (Å²) in [5.41, 5.74) is -0.360. The molecular weight excluding hydrogens is 291 g/mol. The highest BCUT2D eigenvalue weighted by Crippen LogP contribution is 2.28. The first-order chi connectivity index (χ1) is 6.39. The summed E-state index contributed by atoms with van der Waals surface area (Å²) in [5.74, 6) is -0.0607. The van der Waals surface area contributed by atoms with Crippen molar-refractivity contribution in [3.63, 3.8) is 0 Å². The molecule has 0 aromatic rings. The quantitative estimate of drug-likeness (QED) is 0.422. The Bertz CT molecular complexity index is 200. The molecule has 1 aliphatic carbocycles. The first-order valence-electron chi connectivity index (χ1n) is 5.25. The average molecular weight is 310 g/mol. The van der Waals surface area contributed by atoms with Gasteiger partial charge in [-0.25, -0.2) is 0 Å². The van der Waals surface area contributed by atoms with Crippen molar-refractivity contribution >= 4 is 28.6 Å². The highest BCUT2D eigenvalue weighted by molar-refractivity contribution is 14.1. The van der Waals surface area contributed by atoms with Gasteiger partial charge in [0.2, 0.25) is 0 Å². The monoisotopic (exact) mass is 310 g/mol. The summed E-state index contributed by atoms with van der Waals surface area (Å²) in [5, 5.41) is 0. The van der Waals surface area contributed by atoms with Crippen LogP contribution in [-0.4, -0.2) is 16.0 Å². The lowest BCUT2D eigenvalue weighted by atomic mass is 9.95. The van der Waals surface area contributed by atoms with Gasteiger partial charge < -0.3 is 4.74 Å². The van der Waals surface area contributed by atoms with Crippen molar-refractivity contribution < 1.29 is 9.53 Å². The molecule has 2 nitrogen and oxygen atoms in total. The van der Waals surface area contributed by atoms with E-state index < -0.39 is 0 Å². The predicted molar refractivity (Wildman–Crippen MR) is 65.6 cm³/mol. The summed E-state index contributed by atoms with van der Waals surface area (Å²) < 4.78 is 6.24. The number of carbonyl (C=O) groups excluding carboxylic acids is 1. The van der Waals surface area contributed by atoms with Gasteiger partial charge in [0.15, 0.2) is 0 Å². The minimum atomic E-state index is -0.360. The number of rotatable bonds is 1. The first-order valence-corrected chi connectivity index (χ1v) is 6.49. The molecule has 1 aliphatic rings. The number of hydrogen-bond acceptors (Lipinski definition) is 2. The Labute approximate surface area is 99.9 Å². The molecular formula is C11H19IO2. The van der Waals surface area contributed by atoms with E-state index in [1.807, 2.05) is 20.8 Å². The number of ether oxygens (including phenoxy) is 1. The van der Waals surface area contributed by atoms with Gasteiger partial charge in [0.1, 0.15) is 6.10 Å². The molecule has 0 aromatic carbocycles. The van der Waals surface area contributed by atoms with Gasteiger partial charge in [-0.1, -0.05) is 22.6 Å². The van der Waals surface area contributed by atoms with Crippen LogP contribution in [0.25, 0.3) is 0 Å². The number of hydrogen-bond donors (Lipinski definition) is 0. The standard InChI is InChI=1S/C11H19IO2/c1-11(2,3)10(13)14-9-6-4-8(12)5-7-9/h8-9H,4-7H2,1-3H3. The normalized spacial score (nSPS) is 28.6. The fourth-order valence-corrected chi connectivity index (χ4v) is 2.19. The second-order valence-corrected chi connectivity index (χ2v) is 6.79. The molecule has 1 saturated carbocycles. The SMILES string of the molecule is CC(C)(C)C(=O)OC1CCC(I)CC1. The van der Waals surface area contributed by atoms with Gasteiger partial charge in [0.25, 0.3) is 0 Å². The fraction of sp³-hybridized carbons (Fsp3) is 0.909. The van der Waals surface area contributed by atoms with Crippen LogP contribution >= 0.6 is 22.6 Å². The van der Waals surface area contributed by atoms with Crippen LogP contribution in [0.2, 0.25) is 0 Å². The fourth-order valence-electron chi connectivity index (χ4n) is 1.47. The Morgan fingerprint density at radius 2 is 1.71 bits per heavy atom. The second kappa shape index (κ2) is 4.81. The van der Waals surface area contributed by atoms with E-state index in [2.05, 4.69) is 22.6 Å². The van der Waals surface area contributed by atoms with Crippen molar-refractivity contribution in [1.82, 2.24) is 0 Å². The predicted octanol–water partition coefficient (Wildman–Crippen LogP) is 3.32. The van der Waals surface area contributed by atoms with Crippen molar-refractivity contribution in [2.75, 3.05) is 0 Å². The lowest BCUT2D eigenvalue weighted by Gasteiger charge is -2.28. The number of alkyl halides is 1. The van der Waals surface area contributed by atoms with Gasteiger partial charge in [0, 0.05) is 3.92 Å². The van der Waals surface area contributed by atoms with Crippen molar-refractivity contribution in [3.05, 3.63) is 0 Å². The zero-order valence-electron chi connectivity index (χ0n) is 9.18. The summed E-state index contributed by atoms with van der Waals surface area (Å²) >= 11 is 2.48. The Hall–Kier alpha value is 0.200. The van der Waals surface area contributed by atoms with E-state index in [0.717, 1.165) is 16.8 Å². The topological polar surface area (TPSA) is 26.3 Å². The molecule has 0 atom stereocenters. The van der Waals surface area contributed by atoms with Crippen LogP contribution in [0.1, 0.15) is 46.5 Å². The maximum Gasteiger partial charge on any atom is 0.311 e. The molecule has 0 radical (unpaired) electrons. The van der Waals surface area contributed by atoms with E-state index in [4.69, 9.17) is 4.74 Å². The van der Waals surface area contributed by atoms with E-state index >= 15 is 0 Å².